The summed E-state index contributed by atoms with van der Waals surface area (Å²) in [6.07, 6.45) is 0. The molecule has 0 aromatic heterocycles. The van der Waals surface area contributed by atoms with Crippen molar-refractivity contribution in [1.82, 2.24) is 0 Å². The zero-order valence-electron chi connectivity index (χ0n) is 6.42. The fourth-order valence-electron chi connectivity index (χ4n) is 1.22. The lowest BCUT2D eigenvalue weighted by atomic mass is 10.2. The van der Waals surface area contributed by atoms with Crippen LogP contribution in [0.1, 0.15) is 0 Å². The largest absolute Gasteiger partial charge is 0.397 e. The van der Waals surface area contributed by atoms with Gasteiger partial charge in [0.15, 0.2) is 0 Å². The van der Waals surface area contributed by atoms with Crippen LogP contribution in [-0.4, -0.2) is 12.5 Å². The Balaban J connectivity index is 2.50. The van der Waals surface area contributed by atoms with Gasteiger partial charge in [-0.2, -0.15) is 0 Å². The Morgan fingerprint density at radius 1 is 1.42 bits per heavy atom. The second-order valence-electron chi connectivity index (χ2n) is 2.67. The molecule has 0 bridgehead atoms. The Morgan fingerprint density at radius 3 is 3.08 bits per heavy atom. The standard InChI is InChI=1S/C8H9N3O/c9-5-2-1-3-6-8(5)11-7(12)4-10-6/h1-3,10H,4,9H2,(H,11,12). The monoisotopic (exact) mass is 163 g/mol. The highest BCUT2D eigenvalue weighted by Crippen LogP contribution is 2.29. The number of carbonyl (C=O) groups excluding carboxylic acids is 1. The summed E-state index contributed by atoms with van der Waals surface area (Å²) in [4.78, 5) is 10.9. The Hall–Kier alpha value is -1.71. The fourth-order valence-corrected chi connectivity index (χ4v) is 1.22. The second kappa shape index (κ2) is 2.41. The third-order valence-corrected chi connectivity index (χ3v) is 1.80. The van der Waals surface area contributed by atoms with Crippen molar-refractivity contribution in [3.8, 4) is 0 Å². The van der Waals surface area contributed by atoms with E-state index in [1.807, 2.05) is 12.1 Å². The minimum absolute atomic E-state index is 0.0552. The molecular formula is C8H9N3O. The lowest BCUT2D eigenvalue weighted by molar-refractivity contribution is -0.114. The number of hydrogen-bond acceptors (Lipinski definition) is 3. The molecule has 0 saturated carbocycles. The number of para-hydroxylation sites is 1. The molecule has 12 heavy (non-hydrogen) atoms. The first-order valence-corrected chi connectivity index (χ1v) is 3.69. The van der Waals surface area contributed by atoms with E-state index in [0.717, 1.165) is 5.69 Å². The van der Waals surface area contributed by atoms with Crippen molar-refractivity contribution in [2.24, 2.45) is 0 Å². The van der Waals surface area contributed by atoms with Gasteiger partial charge in [-0.3, -0.25) is 4.79 Å². The molecule has 1 amide bonds. The first-order valence-electron chi connectivity index (χ1n) is 3.69. The van der Waals surface area contributed by atoms with Crippen LogP contribution >= 0.6 is 0 Å². The van der Waals surface area contributed by atoms with Crippen molar-refractivity contribution in [3.63, 3.8) is 0 Å². The molecule has 1 aliphatic rings. The van der Waals surface area contributed by atoms with Gasteiger partial charge in [-0.25, -0.2) is 0 Å². The van der Waals surface area contributed by atoms with Crippen molar-refractivity contribution < 1.29 is 4.79 Å². The molecule has 0 fully saturated rings. The second-order valence-corrected chi connectivity index (χ2v) is 2.67. The van der Waals surface area contributed by atoms with E-state index in [-0.39, 0.29) is 5.91 Å². The van der Waals surface area contributed by atoms with Crippen LogP contribution in [0.3, 0.4) is 0 Å². The molecule has 4 heteroatoms. The van der Waals surface area contributed by atoms with E-state index >= 15 is 0 Å². The van der Waals surface area contributed by atoms with Crippen LogP contribution in [0.2, 0.25) is 0 Å². The smallest absolute Gasteiger partial charge is 0.243 e. The molecular weight excluding hydrogens is 154 g/mol. The van der Waals surface area contributed by atoms with E-state index in [1.165, 1.54) is 0 Å². The normalized spacial score (nSPS) is 14.5. The van der Waals surface area contributed by atoms with Gasteiger partial charge in [-0.15, -0.1) is 0 Å². The lowest BCUT2D eigenvalue weighted by Gasteiger charge is -2.19. The van der Waals surface area contributed by atoms with Crippen molar-refractivity contribution in [3.05, 3.63) is 18.2 Å². The summed E-state index contributed by atoms with van der Waals surface area (Å²) in [6, 6.07) is 5.48. The molecule has 0 aliphatic carbocycles. The summed E-state index contributed by atoms with van der Waals surface area (Å²) in [5.74, 6) is -0.0552. The molecule has 0 atom stereocenters. The van der Waals surface area contributed by atoms with Crippen molar-refractivity contribution in [2.45, 2.75) is 0 Å². The number of benzene rings is 1. The molecule has 0 spiro atoms. The van der Waals surface area contributed by atoms with Gasteiger partial charge in [0, 0.05) is 0 Å². The topological polar surface area (TPSA) is 67.1 Å². The average molecular weight is 163 g/mol. The number of amides is 1. The van der Waals surface area contributed by atoms with E-state index in [0.29, 0.717) is 17.9 Å². The van der Waals surface area contributed by atoms with Crippen LogP contribution in [0.15, 0.2) is 18.2 Å². The van der Waals surface area contributed by atoms with Gasteiger partial charge in [-0.05, 0) is 12.1 Å². The van der Waals surface area contributed by atoms with E-state index in [4.69, 9.17) is 5.73 Å². The highest BCUT2D eigenvalue weighted by Gasteiger charge is 2.14. The third kappa shape index (κ3) is 0.972. The molecule has 4 N–H and O–H groups in total. The van der Waals surface area contributed by atoms with Gasteiger partial charge in [0.1, 0.15) is 0 Å². The quantitative estimate of drug-likeness (QED) is 0.491. The predicted molar refractivity (Wildman–Crippen MR) is 48.0 cm³/mol. The van der Waals surface area contributed by atoms with Gasteiger partial charge in [0.2, 0.25) is 5.91 Å². The average Bonchev–Trinajstić information content (AvgIpc) is 2.07. The van der Waals surface area contributed by atoms with Crippen LogP contribution in [0.4, 0.5) is 17.1 Å². The summed E-state index contributed by atoms with van der Waals surface area (Å²) in [6.45, 7) is 0.316. The van der Waals surface area contributed by atoms with Gasteiger partial charge in [-0.1, -0.05) is 6.07 Å². The minimum Gasteiger partial charge on any atom is -0.397 e. The zero-order chi connectivity index (χ0) is 8.55. The van der Waals surface area contributed by atoms with Crippen LogP contribution in [-0.2, 0) is 4.79 Å². The maximum absolute atomic E-state index is 10.9. The van der Waals surface area contributed by atoms with Crippen molar-refractivity contribution >= 4 is 23.0 Å². The molecule has 1 aromatic rings. The fraction of sp³-hybridized carbons (Fsp3) is 0.125. The highest BCUT2D eigenvalue weighted by atomic mass is 16.2. The Kier molecular flexibility index (Phi) is 1.40. The Morgan fingerprint density at radius 2 is 2.25 bits per heavy atom. The number of rotatable bonds is 0. The van der Waals surface area contributed by atoms with E-state index < -0.39 is 0 Å². The van der Waals surface area contributed by atoms with Crippen molar-refractivity contribution in [1.29, 1.82) is 0 Å². The number of anilines is 3. The molecule has 0 unspecified atom stereocenters. The SMILES string of the molecule is Nc1cccc2c1NC(=O)CN2. The molecule has 2 rings (SSSR count). The summed E-state index contributed by atoms with van der Waals surface area (Å²) in [5, 5.41) is 5.66. The Bertz CT molecular complexity index is 335. The zero-order valence-corrected chi connectivity index (χ0v) is 6.42. The summed E-state index contributed by atoms with van der Waals surface area (Å²) >= 11 is 0. The van der Waals surface area contributed by atoms with Gasteiger partial charge in [0.05, 0.1) is 23.6 Å². The van der Waals surface area contributed by atoms with E-state index in [9.17, 15) is 4.79 Å². The number of nitrogen functional groups attached to an aromatic ring is 1. The van der Waals surface area contributed by atoms with Gasteiger partial charge in [0.25, 0.3) is 0 Å². The molecule has 1 heterocycles. The molecule has 0 saturated heterocycles. The maximum atomic E-state index is 10.9. The molecule has 62 valence electrons. The van der Waals surface area contributed by atoms with Crippen LogP contribution in [0.5, 0.6) is 0 Å². The minimum atomic E-state index is -0.0552. The predicted octanol–water partition coefficient (Wildman–Crippen LogP) is 0.633. The maximum Gasteiger partial charge on any atom is 0.243 e. The van der Waals surface area contributed by atoms with E-state index in [2.05, 4.69) is 10.6 Å². The van der Waals surface area contributed by atoms with Crippen molar-refractivity contribution in [2.75, 3.05) is 22.9 Å². The summed E-state index contributed by atoms with van der Waals surface area (Å²) in [5.41, 5.74) is 7.81. The number of carbonyl (C=O) groups is 1. The first-order chi connectivity index (χ1) is 5.77. The van der Waals surface area contributed by atoms with E-state index in [1.54, 1.807) is 6.07 Å². The number of nitrogens with one attached hydrogen (secondary N) is 2. The van der Waals surface area contributed by atoms with Gasteiger partial charge >= 0.3 is 0 Å². The third-order valence-electron chi connectivity index (χ3n) is 1.80. The van der Waals surface area contributed by atoms with Crippen LogP contribution < -0.4 is 16.4 Å². The summed E-state index contributed by atoms with van der Waals surface area (Å²) < 4.78 is 0. The van der Waals surface area contributed by atoms with Crippen LogP contribution in [0, 0.1) is 0 Å². The number of nitrogens with two attached hydrogens (primary N) is 1. The van der Waals surface area contributed by atoms with Gasteiger partial charge < -0.3 is 16.4 Å². The lowest BCUT2D eigenvalue weighted by Crippen LogP contribution is -2.27. The van der Waals surface area contributed by atoms with Crippen LogP contribution in [0.25, 0.3) is 0 Å². The highest BCUT2D eigenvalue weighted by molar-refractivity contribution is 6.03. The molecule has 1 aromatic carbocycles. The molecule has 4 nitrogen and oxygen atoms in total. The summed E-state index contributed by atoms with van der Waals surface area (Å²) in [7, 11) is 0. The number of hydrogen-bond donors (Lipinski definition) is 3. The molecule has 1 aliphatic heterocycles. The first kappa shape index (κ1) is 6.97. The molecule has 0 radical (unpaired) electrons. The number of fused-ring (bicyclic) bond motifs is 1. The Labute approximate surface area is 69.8 Å².